The van der Waals surface area contributed by atoms with Crippen LogP contribution < -0.4 is 0 Å². The first-order valence-corrected chi connectivity index (χ1v) is 8.85. The second kappa shape index (κ2) is 9.96. The summed E-state index contributed by atoms with van der Waals surface area (Å²) in [6, 6.07) is 0. The molecule has 114 valence electrons. The molecule has 0 aromatic rings. The van der Waals surface area contributed by atoms with Crippen molar-refractivity contribution >= 4 is 15.7 Å². The van der Waals surface area contributed by atoms with Gasteiger partial charge >= 0.3 is 0 Å². The van der Waals surface area contributed by atoms with E-state index in [-0.39, 0.29) is 5.41 Å². The van der Waals surface area contributed by atoms with Gasteiger partial charge < -0.3 is 0 Å². The molecular weight excluding hydrogens is 238 g/mol. The minimum atomic E-state index is -0.550. The fourth-order valence-electron chi connectivity index (χ4n) is 2.87. The number of unbranched alkanes of at least 4 members (excludes halogenated alkanes) is 6. The molecule has 0 atom stereocenters. The predicted octanol–water partition coefficient (Wildman–Crippen LogP) is 6.04. The van der Waals surface area contributed by atoms with E-state index in [0.29, 0.717) is 5.92 Å². The molecule has 0 saturated heterocycles. The van der Waals surface area contributed by atoms with Gasteiger partial charge in [0.15, 0.2) is 0 Å². The normalized spacial score (nSPS) is 13.1. The van der Waals surface area contributed by atoms with Crippen LogP contribution in [0.4, 0.5) is 0 Å². The molecule has 0 saturated carbocycles. The monoisotopic (exact) mass is 274 g/mol. The smallest absolute Gasteiger partial charge is 0.0631 e. The molecule has 0 heterocycles. The second-order valence-electron chi connectivity index (χ2n) is 7.58. The largest absolute Gasteiger partial charge is 0.0916 e. The Labute approximate surface area is 131 Å². The highest BCUT2D eigenvalue weighted by Crippen LogP contribution is 2.49. The van der Waals surface area contributed by atoms with Crippen molar-refractivity contribution in [3.05, 3.63) is 0 Å². The minimum Gasteiger partial charge on any atom is -0.0916 e. The molecule has 0 N–H and O–H groups in total. The van der Waals surface area contributed by atoms with Gasteiger partial charge in [-0.1, -0.05) is 110 Å². The molecule has 0 aromatic heterocycles. The number of hydrogen-bond donors (Lipinski definition) is 0. The molecular formula is C18H36B2. The Kier molecular flexibility index (Phi) is 10.0. The highest BCUT2D eigenvalue weighted by atomic mass is 14.4. The molecule has 0 spiro atoms. The number of hydrogen-bond acceptors (Lipinski definition) is 0. The Morgan fingerprint density at radius 3 is 1.40 bits per heavy atom. The standard InChI is InChI=1S/C18H36B2/c1-6-8-10-12-14-16(15-13-11-9-7-2)18(19,20)17(3,4)5/h16H,6-15H2,1-5H3. The van der Waals surface area contributed by atoms with Crippen LogP contribution in [0, 0.1) is 11.3 Å². The molecule has 0 aromatic carbocycles. The Hall–Kier alpha value is 0.130. The molecule has 0 rings (SSSR count). The summed E-state index contributed by atoms with van der Waals surface area (Å²) >= 11 is 0. The molecule has 4 radical (unpaired) electrons. The molecule has 0 bridgehead atoms. The summed E-state index contributed by atoms with van der Waals surface area (Å²) in [5, 5.41) is -0.550. The topological polar surface area (TPSA) is 0 Å². The summed E-state index contributed by atoms with van der Waals surface area (Å²) in [5.41, 5.74) is -0.0345. The third-order valence-corrected chi connectivity index (χ3v) is 4.79. The maximum absolute atomic E-state index is 6.55. The van der Waals surface area contributed by atoms with Crippen LogP contribution in [0.15, 0.2) is 0 Å². The maximum atomic E-state index is 6.55. The van der Waals surface area contributed by atoms with Crippen molar-refractivity contribution < 1.29 is 0 Å². The van der Waals surface area contributed by atoms with Gasteiger partial charge in [0.1, 0.15) is 0 Å². The first-order chi connectivity index (χ1) is 9.27. The molecule has 0 aliphatic heterocycles. The van der Waals surface area contributed by atoms with Crippen LogP contribution in [0.2, 0.25) is 5.21 Å². The molecule has 20 heavy (non-hydrogen) atoms. The van der Waals surface area contributed by atoms with Gasteiger partial charge in [-0.05, 0) is 5.41 Å². The summed E-state index contributed by atoms with van der Waals surface area (Å²) < 4.78 is 0. The van der Waals surface area contributed by atoms with Crippen LogP contribution >= 0.6 is 0 Å². The Morgan fingerprint density at radius 1 is 0.700 bits per heavy atom. The summed E-state index contributed by atoms with van der Waals surface area (Å²) in [6.07, 6.45) is 12.8. The van der Waals surface area contributed by atoms with E-state index >= 15 is 0 Å². The van der Waals surface area contributed by atoms with E-state index in [2.05, 4.69) is 34.6 Å². The van der Waals surface area contributed by atoms with Crippen LogP contribution in [-0.2, 0) is 0 Å². The van der Waals surface area contributed by atoms with E-state index in [4.69, 9.17) is 15.7 Å². The van der Waals surface area contributed by atoms with Crippen molar-refractivity contribution in [3.63, 3.8) is 0 Å². The Morgan fingerprint density at radius 2 is 1.10 bits per heavy atom. The van der Waals surface area contributed by atoms with Crippen LogP contribution in [-0.4, -0.2) is 15.7 Å². The first kappa shape index (κ1) is 20.1. The molecule has 0 aliphatic carbocycles. The first-order valence-electron chi connectivity index (χ1n) is 8.85. The Balaban J connectivity index is 4.45. The quantitative estimate of drug-likeness (QED) is 0.318. The number of rotatable bonds is 11. The minimum absolute atomic E-state index is 0.0345. The molecule has 0 nitrogen and oxygen atoms in total. The third kappa shape index (κ3) is 7.23. The lowest BCUT2D eigenvalue weighted by molar-refractivity contribution is 0.228. The van der Waals surface area contributed by atoms with Gasteiger partial charge in [-0.2, -0.15) is 0 Å². The van der Waals surface area contributed by atoms with Crippen LogP contribution in [0.5, 0.6) is 0 Å². The van der Waals surface area contributed by atoms with Gasteiger partial charge in [0.25, 0.3) is 0 Å². The van der Waals surface area contributed by atoms with Gasteiger partial charge in [-0.25, -0.2) is 0 Å². The maximum Gasteiger partial charge on any atom is 0.0631 e. The highest BCUT2D eigenvalue weighted by molar-refractivity contribution is 6.40. The lowest BCUT2D eigenvalue weighted by Gasteiger charge is -2.47. The van der Waals surface area contributed by atoms with Crippen molar-refractivity contribution in [2.45, 2.75) is 104 Å². The van der Waals surface area contributed by atoms with Gasteiger partial charge in [0.2, 0.25) is 0 Å². The highest BCUT2D eigenvalue weighted by Gasteiger charge is 2.37. The van der Waals surface area contributed by atoms with Crippen molar-refractivity contribution in [1.82, 2.24) is 0 Å². The van der Waals surface area contributed by atoms with Gasteiger partial charge in [-0.3, -0.25) is 0 Å². The van der Waals surface area contributed by atoms with Crippen LogP contribution in [0.3, 0.4) is 0 Å². The predicted molar refractivity (Wildman–Crippen MR) is 94.7 cm³/mol. The van der Waals surface area contributed by atoms with E-state index in [1.54, 1.807) is 0 Å². The van der Waals surface area contributed by atoms with E-state index in [0.717, 1.165) is 0 Å². The van der Waals surface area contributed by atoms with Crippen molar-refractivity contribution in [2.75, 3.05) is 0 Å². The summed E-state index contributed by atoms with van der Waals surface area (Å²) in [7, 11) is 13.1. The summed E-state index contributed by atoms with van der Waals surface area (Å²) in [4.78, 5) is 0. The van der Waals surface area contributed by atoms with E-state index in [9.17, 15) is 0 Å². The molecule has 0 fully saturated rings. The zero-order chi connectivity index (χ0) is 15.6. The van der Waals surface area contributed by atoms with E-state index in [1.165, 1.54) is 64.2 Å². The van der Waals surface area contributed by atoms with E-state index in [1.807, 2.05) is 0 Å². The Bertz CT molecular complexity index is 216. The SMILES string of the molecule is [B]C([B])(C(CCCCCC)CCCCCC)C(C)(C)C. The lowest BCUT2D eigenvalue weighted by atomic mass is 9.37. The zero-order valence-corrected chi connectivity index (χ0v) is 14.8. The average Bonchev–Trinajstić information content (AvgIpc) is 2.35. The summed E-state index contributed by atoms with van der Waals surface area (Å²) in [6.45, 7) is 11.1. The fourth-order valence-corrected chi connectivity index (χ4v) is 2.87. The zero-order valence-electron chi connectivity index (χ0n) is 14.8. The lowest BCUT2D eigenvalue weighted by Crippen LogP contribution is -2.37. The van der Waals surface area contributed by atoms with Crippen LogP contribution in [0.1, 0.15) is 98.8 Å². The van der Waals surface area contributed by atoms with Gasteiger partial charge in [0.05, 0.1) is 15.7 Å². The molecule has 0 amide bonds. The second-order valence-corrected chi connectivity index (χ2v) is 7.58. The van der Waals surface area contributed by atoms with Gasteiger partial charge in [-0.15, -0.1) is 0 Å². The summed E-state index contributed by atoms with van der Waals surface area (Å²) in [5.74, 6) is 0.455. The average molecular weight is 274 g/mol. The molecule has 2 heteroatoms. The van der Waals surface area contributed by atoms with Crippen molar-refractivity contribution in [1.29, 1.82) is 0 Å². The van der Waals surface area contributed by atoms with Crippen molar-refractivity contribution in [3.8, 4) is 0 Å². The molecule has 0 unspecified atom stereocenters. The fraction of sp³-hybridized carbons (Fsp3) is 1.00. The van der Waals surface area contributed by atoms with Crippen molar-refractivity contribution in [2.24, 2.45) is 11.3 Å². The van der Waals surface area contributed by atoms with Crippen LogP contribution in [0.25, 0.3) is 0 Å². The molecule has 0 aliphatic rings. The van der Waals surface area contributed by atoms with E-state index < -0.39 is 5.21 Å². The van der Waals surface area contributed by atoms with Gasteiger partial charge in [0, 0.05) is 0 Å². The third-order valence-electron chi connectivity index (χ3n) is 4.79.